The molecule has 0 aliphatic carbocycles. The summed E-state index contributed by atoms with van der Waals surface area (Å²) in [6, 6.07) is 0. The van der Waals surface area contributed by atoms with Crippen LogP contribution in [0, 0.1) is 0 Å². The van der Waals surface area contributed by atoms with Gasteiger partial charge in [0.1, 0.15) is 0 Å². The Kier molecular flexibility index (Phi) is 2.01. The first-order chi connectivity index (χ1) is 4.17. The third-order valence-electron chi connectivity index (χ3n) is 1.63. The normalized spacial score (nSPS) is 32.8. The highest BCUT2D eigenvalue weighted by Crippen LogP contribution is 2.20. The van der Waals surface area contributed by atoms with Gasteiger partial charge in [-0.3, -0.25) is 0 Å². The van der Waals surface area contributed by atoms with Crippen molar-refractivity contribution in [3.8, 4) is 0 Å². The van der Waals surface area contributed by atoms with Gasteiger partial charge in [-0.15, -0.1) is 11.6 Å². The Morgan fingerprint density at radius 3 is 2.44 bits per heavy atom. The largest absolute Gasteiger partial charge is 0.229 e. The lowest BCUT2D eigenvalue weighted by Gasteiger charge is -2.00. The molecule has 0 spiro atoms. The van der Waals surface area contributed by atoms with Crippen molar-refractivity contribution in [3.63, 3.8) is 0 Å². The van der Waals surface area contributed by atoms with Gasteiger partial charge in [0.05, 0.1) is 11.0 Å². The average molecular weight is 169 g/mol. The van der Waals surface area contributed by atoms with E-state index in [-0.39, 0.29) is 11.1 Å². The molecule has 0 unspecified atom stereocenters. The maximum Gasteiger partial charge on any atom is 0.154 e. The Bertz CT molecular complexity index is 185. The molecule has 1 saturated heterocycles. The van der Waals surface area contributed by atoms with Crippen LogP contribution >= 0.6 is 11.6 Å². The maximum absolute atomic E-state index is 10.9. The summed E-state index contributed by atoms with van der Waals surface area (Å²) in [7, 11) is -2.77. The molecule has 1 rings (SSSR count). The van der Waals surface area contributed by atoms with Crippen molar-refractivity contribution in [2.45, 2.75) is 18.1 Å². The molecule has 0 N–H and O–H groups in total. The third-order valence-corrected chi connectivity index (χ3v) is 4.47. The lowest BCUT2D eigenvalue weighted by Crippen LogP contribution is -2.16. The van der Waals surface area contributed by atoms with Gasteiger partial charge in [-0.25, -0.2) is 8.42 Å². The van der Waals surface area contributed by atoms with Crippen LogP contribution in [0.5, 0.6) is 0 Å². The molecule has 0 aromatic rings. The van der Waals surface area contributed by atoms with E-state index in [2.05, 4.69) is 0 Å². The maximum atomic E-state index is 10.9. The third kappa shape index (κ3) is 1.38. The summed E-state index contributed by atoms with van der Waals surface area (Å²) in [5.41, 5.74) is 0. The number of sulfone groups is 1. The molecular weight excluding hydrogens is 160 g/mol. The fourth-order valence-corrected chi connectivity index (χ4v) is 3.38. The average Bonchev–Trinajstić information content (AvgIpc) is 2.08. The van der Waals surface area contributed by atoms with Crippen molar-refractivity contribution < 1.29 is 8.42 Å². The quantitative estimate of drug-likeness (QED) is 0.543. The van der Waals surface area contributed by atoms with E-state index < -0.39 is 9.84 Å². The predicted octanol–water partition coefficient (Wildman–Crippen LogP) is 0.802. The van der Waals surface area contributed by atoms with Gasteiger partial charge in [0.25, 0.3) is 0 Å². The molecule has 2 nitrogen and oxygen atoms in total. The first-order valence-electron chi connectivity index (χ1n) is 2.94. The molecular formula is C5H9ClO2S. The van der Waals surface area contributed by atoms with Crippen molar-refractivity contribution in [1.29, 1.82) is 0 Å². The minimum Gasteiger partial charge on any atom is -0.229 e. The monoisotopic (exact) mass is 168 g/mol. The second kappa shape index (κ2) is 2.46. The van der Waals surface area contributed by atoms with Gasteiger partial charge >= 0.3 is 0 Å². The summed E-state index contributed by atoms with van der Waals surface area (Å²) in [5.74, 6) is 0.604. The zero-order chi connectivity index (χ0) is 6.91. The number of hydrogen-bond donors (Lipinski definition) is 0. The van der Waals surface area contributed by atoms with Crippen LogP contribution < -0.4 is 0 Å². The molecule has 0 aromatic carbocycles. The minimum absolute atomic E-state index is 0.251. The van der Waals surface area contributed by atoms with E-state index in [4.69, 9.17) is 11.6 Å². The molecule has 1 aliphatic rings. The fraction of sp³-hybridized carbons (Fsp3) is 1.00. The van der Waals surface area contributed by atoms with Gasteiger partial charge in [0.15, 0.2) is 9.84 Å². The highest BCUT2D eigenvalue weighted by Gasteiger charge is 2.29. The van der Waals surface area contributed by atoms with Gasteiger partial charge in [-0.05, 0) is 12.8 Å². The van der Waals surface area contributed by atoms with Crippen LogP contribution in [0.3, 0.4) is 0 Å². The van der Waals surface area contributed by atoms with Crippen molar-refractivity contribution in [1.82, 2.24) is 0 Å². The molecule has 54 valence electrons. The number of hydrogen-bond acceptors (Lipinski definition) is 2. The highest BCUT2D eigenvalue weighted by molar-refractivity contribution is 7.92. The molecule has 1 fully saturated rings. The first kappa shape index (κ1) is 7.35. The summed E-state index contributed by atoms with van der Waals surface area (Å²) in [6.07, 6.45) is 1.55. The van der Waals surface area contributed by atoms with E-state index in [1.54, 1.807) is 0 Å². The summed E-state index contributed by atoms with van der Waals surface area (Å²) in [5, 5.41) is -0.251. The molecule has 0 amide bonds. The molecule has 0 radical (unpaired) electrons. The summed E-state index contributed by atoms with van der Waals surface area (Å²) < 4.78 is 21.8. The van der Waals surface area contributed by atoms with Gasteiger partial charge in [-0.2, -0.15) is 0 Å². The lowest BCUT2D eigenvalue weighted by molar-refractivity contribution is 0.594. The standard InChI is InChI=1S/C5H9ClO2S/c6-4-5-2-1-3-9(5,7)8/h5H,1-4H2/t5-/m1/s1. The molecule has 1 aliphatic heterocycles. The number of rotatable bonds is 1. The molecule has 1 atom stereocenters. The zero-order valence-corrected chi connectivity index (χ0v) is 6.58. The molecule has 0 bridgehead atoms. The molecule has 9 heavy (non-hydrogen) atoms. The van der Waals surface area contributed by atoms with Crippen LogP contribution in [0.25, 0.3) is 0 Å². The molecule has 1 heterocycles. The fourth-order valence-electron chi connectivity index (χ4n) is 1.03. The van der Waals surface area contributed by atoms with Gasteiger partial charge < -0.3 is 0 Å². The van der Waals surface area contributed by atoms with Gasteiger partial charge in [0.2, 0.25) is 0 Å². The molecule has 4 heteroatoms. The Balaban J connectivity index is 2.75. The lowest BCUT2D eigenvalue weighted by atomic mass is 10.3. The zero-order valence-electron chi connectivity index (χ0n) is 5.01. The van der Waals surface area contributed by atoms with Crippen molar-refractivity contribution >= 4 is 21.4 Å². The smallest absolute Gasteiger partial charge is 0.154 e. The van der Waals surface area contributed by atoms with Crippen LogP contribution in [0.1, 0.15) is 12.8 Å². The summed E-state index contributed by atoms with van der Waals surface area (Å²) >= 11 is 5.41. The number of halogens is 1. The van der Waals surface area contributed by atoms with Gasteiger partial charge in [0, 0.05) is 5.88 Å². The molecule has 0 aromatic heterocycles. The van der Waals surface area contributed by atoms with Crippen LogP contribution in [-0.2, 0) is 9.84 Å². The summed E-state index contributed by atoms with van der Waals surface area (Å²) in [4.78, 5) is 0. The summed E-state index contributed by atoms with van der Waals surface area (Å²) in [6.45, 7) is 0. The van der Waals surface area contributed by atoms with E-state index >= 15 is 0 Å². The van der Waals surface area contributed by atoms with E-state index in [0.717, 1.165) is 12.8 Å². The van der Waals surface area contributed by atoms with Gasteiger partial charge in [-0.1, -0.05) is 0 Å². The Morgan fingerprint density at radius 1 is 1.56 bits per heavy atom. The van der Waals surface area contributed by atoms with Crippen molar-refractivity contribution in [3.05, 3.63) is 0 Å². The van der Waals surface area contributed by atoms with Crippen molar-refractivity contribution in [2.24, 2.45) is 0 Å². The van der Waals surface area contributed by atoms with Crippen LogP contribution in [0.4, 0.5) is 0 Å². The van der Waals surface area contributed by atoms with E-state index in [0.29, 0.717) is 5.75 Å². The minimum atomic E-state index is -2.77. The number of alkyl halides is 1. The van der Waals surface area contributed by atoms with Crippen molar-refractivity contribution in [2.75, 3.05) is 11.6 Å². The molecule has 0 saturated carbocycles. The van der Waals surface area contributed by atoms with E-state index in [1.807, 2.05) is 0 Å². The van der Waals surface area contributed by atoms with E-state index in [9.17, 15) is 8.42 Å². The first-order valence-corrected chi connectivity index (χ1v) is 5.19. The Labute approximate surface area is 60.1 Å². The Hall–Kier alpha value is 0.240. The second-order valence-electron chi connectivity index (χ2n) is 2.29. The Morgan fingerprint density at radius 2 is 2.22 bits per heavy atom. The van der Waals surface area contributed by atoms with Crippen LogP contribution in [0.15, 0.2) is 0 Å². The second-order valence-corrected chi connectivity index (χ2v) is 4.99. The predicted molar refractivity (Wildman–Crippen MR) is 37.5 cm³/mol. The van der Waals surface area contributed by atoms with E-state index in [1.165, 1.54) is 0 Å². The van der Waals surface area contributed by atoms with Crippen LogP contribution in [0.2, 0.25) is 0 Å². The van der Waals surface area contributed by atoms with Crippen LogP contribution in [-0.4, -0.2) is 25.3 Å². The highest BCUT2D eigenvalue weighted by atomic mass is 35.5. The SMILES string of the molecule is O=S1(=O)CCC[C@@H]1CCl. The topological polar surface area (TPSA) is 34.1 Å².